The average Bonchev–Trinajstić information content (AvgIpc) is 3.18. The number of benzene rings is 2. The van der Waals surface area contributed by atoms with Gasteiger partial charge in [-0.15, -0.1) is 0 Å². The van der Waals surface area contributed by atoms with Gasteiger partial charge in [0, 0.05) is 60.9 Å². The molecule has 0 radical (unpaired) electrons. The molecule has 1 saturated heterocycles. The molecule has 0 aliphatic carbocycles. The van der Waals surface area contributed by atoms with Crippen LogP contribution in [0.2, 0.25) is 0 Å². The molecule has 1 fully saturated rings. The fraction of sp³-hybridized carbons (Fsp3) is 0.250. The van der Waals surface area contributed by atoms with Crippen LogP contribution in [0.3, 0.4) is 0 Å². The second-order valence-corrected chi connectivity index (χ2v) is 10.9. The Labute approximate surface area is 216 Å². The lowest BCUT2D eigenvalue weighted by Gasteiger charge is -2.32. The largest absolute Gasteiger partial charge is 0.478 e. The lowest BCUT2D eigenvalue weighted by molar-refractivity contribution is -0.134. The molecule has 1 aliphatic heterocycles. The predicted molar refractivity (Wildman–Crippen MR) is 136 cm³/mol. The first-order valence-corrected chi connectivity index (χ1v) is 13.1. The highest BCUT2D eigenvalue weighted by atomic mass is 79.9. The molecule has 1 aromatic heterocycles. The first-order chi connectivity index (χ1) is 17.0. The van der Waals surface area contributed by atoms with E-state index in [0.29, 0.717) is 24.2 Å². The van der Waals surface area contributed by atoms with Gasteiger partial charge >= 0.3 is 11.9 Å². The van der Waals surface area contributed by atoms with Crippen molar-refractivity contribution in [1.29, 1.82) is 0 Å². The summed E-state index contributed by atoms with van der Waals surface area (Å²) in [6.07, 6.45) is 2.82. The third-order valence-corrected chi connectivity index (χ3v) is 7.73. The van der Waals surface area contributed by atoms with Gasteiger partial charge in [-0.05, 0) is 55.1 Å². The number of nitrogens with zero attached hydrogens (tertiary/aromatic N) is 3. The first-order valence-electron chi connectivity index (χ1n) is 10.8. The molecule has 2 aromatic carbocycles. The maximum atomic E-state index is 13.3. The number of aliphatic carboxylic acids is 2. The number of carbonyl (C=O) groups is 2. The van der Waals surface area contributed by atoms with E-state index in [0.717, 1.165) is 41.6 Å². The second kappa shape index (κ2) is 11.8. The fourth-order valence-electron chi connectivity index (χ4n) is 3.67. The molecule has 2 heterocycles. The third-order valence-electron chi connectivity index (χ3n) is 5.54. The van der Waals surface area contributed by atoms with E-state index in [-0.39, 0.29) is 4.90 Å². The molecule has 12 heteroatoms. The number of likely N-dealkylation sites (N-methyl/N-ethyl adjacent to an activating group) is 1. The summed E-state index contributed by atoms with van der Waals surface area (Å²) < 4.78 is 41.9. The van der Waals surface area contributed by atoms with E-state index in [2.05, 4.69) is 32.8 Å². The van der Waals surface area contributed by atoms with Crippen molar-refractivity contribution in [2.45, 2.75) is 11.4 Å². The van der Waals surface area contributed by atoms with Crippen molar-refractivity contribution < 1.29 is 32.6 Å². The number of carboxylic acids is 2. The number of hydrogen-bond donors (Lipinski definition) is 2. The standard InChI is InChI=1S/C20H21BrFN3O2S.C4H4O4/c1-23-8-10-24(11-9-23)13-15-14-25(20-7-2-16(21)12-19(15)20)28(26,27)18-5-3-17(22)4-6-18;5-3(6)1-2-4(7)8/h2-7,12,14H,8-11,13H2,1H3;1-2H,(H,5,6)(H,7,8)/b;2-1-. The van der Waals surface area contributed by atoms with Gasteiger partial charge in [0.1, 0.15) is 5.82 Å². The minimum absolute atomic E-state index is 0.0693. The van der Waals surface area contributed by atoms with E-state index in [4.69, 9.17) is 10.2 Å². The monoisotopic (exact) mass is 581 g/mol. The summed E-state index contributed by atoms with van der Waals surface area (Å²) in [5.74, 6) is -2.98. The van der Waals surface area contributed by atoms with E-state index < -0.39 is 27.8 Å². The molecule has 0 saturated carbocycles. The van der Waals surface area contributed by atoms with Gasteiger partial charge in [-0.2, -0.15) is 0 Å². The molecule has 2 N–H and O–H groups in total. The Balaban J connectivity index is 0.000000392. The van der Waals surface area contributed by atoms with Crippen molar-refractivity contribution in [3.05, 3.63) is 76.7 Å². The lowest BCUT2D eigenvalue weighted by atomic mass is 10.1. The van der Waals surface area contributed by atoms with Crippen LogP contribution in [0.4, 0.5) is 4.39 Å². The predicted octanol–water partition coefficient (Wildman–Crippen LogP) is 3.24. The van der Waals surface area contributed by atoms with E-state index in [1.807, 2.05) is 12.1 Å². The van der Waals surface area contributed by atoms with Crippen molar-refractivity contribution >= 4 is 48.8 Å². The summed E-state index contributed by atoms with van der Waals surface area (Å²) in [5, 5.41) is 16.5. The average molecular weight is 582 g/mol. The Morgan fingerprint density at radius 1 is 1.00 bits per heavy atom. The number of halogens is 2. The zero-order valence-electron chi connectivity index (χ0n) is 19.3. The van der Waals surface area contributed by atoms with Gasteiger partial charge in [-0.25, -0.2) is 26.4 Å². The summed E-state index contributed by atoms with van der Waals surface area (Å²) >= 11 is 3.49. The molecule has 36 heavy (non-hydrogen) atoms. The first kappa shape index (κ1) is 27.5. The van der Waals surface area contributed by atoms with Crippen LogP contribution < -0.4 is 0 Å². The van der Waals surface area contributed by atoms with Gasteiger partial charge in [-0.3, -0.25) is 4.90 Å². The number of piperazine rings is 1. The Morgan fingerprint density at radius 2 is 1.58 bits per heavy atom. The molecule has 0 spiro atoms. The molecule has 4 rings (SSSR count). The van der Waals surface area contributed by atoms with Crippen LogP contribution in [-0.4, -0.2) is 77.6 Å². The Morgan fingerprint density at radius 3 is 2.14 bits per heavy atom. The number of fused-ring (bicyclic) bond motifs is 1. The normalized spacial score (nSPS) is 15.1. The van der Waals surface area contributed by atoms with Gasteiger partial charge in [0.25, 0.3) is 10.0 Å². The third kappa shape index (κ3) is 7.00. The molecule has 0 unspecified atom stereocenters. The van der Waals surface area contributed by atoms with E-state index in [1.54, 1.807) is 12.3 Å². The van der Waals surface area contributed by atoms with Crippen molar-refractivity contribution in [3.8, 4) is 0 Å². The summed E-state index contributed by atoms with van der Waals surface area (Å²) in [4.78, 5) is 23.8. The SMILES string of the molecule is CN1CCN(Cc2cn(S(=O)(=O)c3ccc(F)cc3)c3ccc(Br)cc23)CC1.O=C(O)/C=C\C(=O)O. The van der Waals surface area contributed by atoms with Crippen molar-refractivity contribution in [3.63, 3.8) is 0 Å². The van der Waals surface area contributed by atoms with Gasteiger partial charge in [0.15, 0.2) is 0 Å². The highest BCUT2D eigenvalue weighted by molar-refractivity contribution is 9.10. The van der Waals surface area contributed by atoms with Crippen LogP contribution in [0.5, 0.6) is 0 Å². The molecule has 0 bridgehead atoms. The molecule has 3 aromatic rings. The topological polar surface area (TPSA) is 120 Å². The highest BCUT2D eigenvalue weighted by Gasteiger charge is 2.23. The molecule has 0 atom stereocenters. The van der Waals surface area contributed by atoms with Gasteiger partial charge in [0.05, 0.1) is 10.4 Å². The van der Waals surface area contributed by atoms with Gasteiger partial charge < -0.3 is 15.1 Å². The maximum Gasteiger partial charge on any atom is 0.328 e. The number of aromatic nitrogens is 1. The zero-order valence-corrected chi connectivity index (χ0v) is 21.7. The maximum absolute atomic E-state index is 13.3. The second-order valence-electron chi connectivity index (χ2n) is 8.16. The van der Waals surface area contributed by atoms with Crippen LogP contribution in [0.15, 0.2) is 70.2 Å². The number of hydrogen-bond acceptors (Lipinski definition) is 6. The van der Waals surface area contributed by atoms with Gasteiger partial charge in [-0.1, -0.05) is 15.9 Å². The van der Waals surface area contributed by atoms with Gasteiger partial charge in [0.2, 0.25) is 0 Å². The lowest BCUT2D eigenvalue weighted by Crippen LogP contribution is -2.43. The molecular weight excluding hydrogens is 557 g/mol. The van der Waals surface area contributed by atoms with Crippen LogP contribution in [0.1, 0.15) is 5.56 Å². The van der Waals surface area contributed by atoms with Crippen molar-refractivity contribution in [2.75, 3.05) is 33.2 Å². The number of rotatable bonds is 6. The van der Waals surface area contributed by atoms with E-state index >= 15 is 0 Å². The van der Waals surface area contributed by atoms with Crippen LogP contribution in [-0.2, 0) is 26.2 Å². The van der Waals surface area contributed by atoms with Crippen LogP contribution >= 0.6 is 15.9 Å². The molecule has 9 nitrogen and oxygen atoms in total. The van der Waals surface area contributed by atoms with E-state index in [1.165, 1.54) is 28.2 Å². The summed E-state index contributed by atoms with van der Waals surface area (Å²) in [6, 6.07) is 10.5. The number of carboxylic acid groups (broad SMARTS) is 2. The molecule has 192 valence electrons. The van der Waals surface area contributed by atoms with E-state index in [9.17, 15) is 22.4 Å². The zero-order chi connectivity index (χ0) is 26.5. The summed E-state index contributed by atoms with van der Waals surface area (Å²) in [6.45, 7) is 4.57. The Hall–Kier alpha value is -3.06. The van der Waals surface area contributed by atoms with Crippen LogP contribution in [0, 0.1) is 5.82 Å². The fourth-order valence-corrected chi connectivity index (χ4v) is 5.43. The summed E-state index contributed by atoms with van der Waals surface area (Å²) in [7, 11) is -1.71. The minimum atomic E-state index is -3.82. The summed E-state index contributed by atoms with van der Waals surface area (Å²) in [5.41, 5.74) is 1.59. The molecular formula is C24H25BrFN3O6S. The van der Waals surface area contributed by atoms with Crippen LogP contribution in [0.25, 0.3) is 10.9 Å². The quantitative estimate of drug-likeness (QED) is 0.426. The minimum Gasteiger partial charge on any atom is -0.478 e. The Bertz CT molecular complexity index is 1360. The van der Waals surface area contributed by atoms with Crippen molar-refractivity contribution in [2.24, 2.45) is 0 Å². The van der Waals surface area contributed by atoms with Crippen molar-refractivity contribution in [1.82, 2.24) is 13.8 Å². The molecule has 0 amide bonds. The highest BCUT2D eigenvalue weighted by Crippen LogP contribution is 2.29. The molecule has 1 aliphatic rings. The Kier molecular flexibility index (Phi) is 9.01. The smallest absolute Gasteiger partial charge is 0.328 e.